The van der Waals surface area contributed by atoms with Crippen LogP contribution in [0.2, 0.25) is 0 Å². The molecule has 2 unspecified atom stereocenters. The molecule has 2 heterocycles. The molecule has 0 radical (unpaired) electrons. The van der Waals surface area contributed by atoms with E-state index < -0.39 is 11.8 Å². The lowest BCUT2D eigenvalue weighted by Gasteiger charge is -2.36. The van der Waals surface area contributed by atoms with Gasteiger partial charge in [0.05, 0.1) is 12.2 Å². The SMILES string of the molecule is CC1CN(C(=O)C(=O)N2CCCc3ccccc32)CC(C)O1. The fraction of sp³-hybridized carbons (Fsp3) is 0.529. The first kappa shape index (κ1) is 15.0. The van der Waals surface area contributed by atoms with Gasteiger partial charge in [0.15, 0.2) is 0 Å². The summed E-state index contributed by atoms with van der Waals surface area (Å²) in [5.74, 6) is -0.841. The maximum absolute atomic E-state index is 12.7. The molecule has 2 atom stereocenters. The van der Waals surface area contributed by atoms with Gasteiger partial charge in [0.1, 0.15) is 0 Å². The van der Waals surface area contributed by atoms with E-state index in [2.05, 4.69) is 0 Å². The molecule has 0 aromatic heterocycles. The number of carbonyl (C=O) groups is 2. The molecule has 22 heavy (non-hydrogen) atoms. The van der Waals surface area contributed by atoms with Crippen molar-refractivity contribution in [3.63, 3.8) is 0 Å². The highest BCUT2D eigenvalue weighted by Gasteiger charge is 2.34. The predicted octanol–water partition coefficient (Wildman–Crippen LogP) is 1.60. The van der Waals surface area contributed by atoms with E-state index in [4.69, 9.17) is 4.74 Å². The number of morpholine rings is 1. The summed E-state index contributed by atoms with van der Waals surface area (Å²) < 4.78 is 5.63. The molecule has 1 aromatic rings. The van der Waals surface area contributed by atoms with Crippen LogP contribution < -0.4 is 4.90 Å². The monoisotopic (exact) mass is 302 g/mol. The van der Waals surface area contributed by atoms with Gasteiger partial charge in [0.25, 0.3) is 0 Å². The van der Waals surface area contributed by atoms with Crippen molar-refractivity contribution >= 4 is 17.5 Å². The van der Waals surface area contributed by atoms with Gasteiger partial charge < -0.3 is 14.5 Å². The van der Waals surface area contributed by atoms with Crippen LogP contribution in [0.15, 0.2) is 24.3 Å². The van der Waals surface area contributed by atoms with Gasteiger partial charge in [-0.25, -0.2) is 0 Å². The van der Waals surface area contributed by atoms with Crippen molar-refractivity contribution in [2.24, 2.45) is 0 Å². The number of para-hydroxylation sites is 1. The highest BCUT2D eigenvalue weighted by molar-refractivity contribution is 6.40. The molecule has 2 aliphatic rings. The van der Waals surface area contributed by atoms with Crippen LogP contribution in [0.1, 0.15) is 25.8 Å². The quantitative estimate of drug-likeness (QED) is 0.684. The number of hydrogen-bond donors (Lipinski definition) is 0. The Hall–Kier alpha value is -1.88. The molecular weight excluding hydrogens is 280 g/mol. The maximum atomic E-state index is 12.7. The molecule has 0 spiro atoms. The fourth-order valence-corrected chi connectivity index (χ4v) is 3.34. The smallest absolute Gasteiger partial charge is 0.316 e. The molecule has 1 fully saturated rings. The summed E-state index contributed by atoms with van der Waals surface area (Å²) >= 11 is 0. The third kappa shape index (κ3) is 2.86. The molecule has 0 N–H and O–H groups in total. The van der Waals surface area contributed by atoms with Gasteiger partial charge in [0, 0.05) is 25.3 Å². The Bertz CT molecular complexity index is 577. The molecule has 5 nitrogen and oxygen atoms in total. The number of anilines is 1. The second-order valence-corrected chi connectivity index (χ2v) is 6.16. The number of benzene rings is 1. The summed E-state index contributed by atoms with van der Waals surface area (Å²) in [6.07, 6.45) is 1.79. The average Bonchev–Trinajstić information content (AvgIpc) is 2.52. The summed E-state index contributed by atoms with van der Waals surface area (Å²) in [4.78, 5) is 28.5. The Morgan fingerprint density at radius 2 is 1.77 bits per heavy atom. The Balaban J connectivity index is 1.78. The Labute approximate surface area is 130 Å². The third-order valence-corrected chi connectivity index (χ3v) is 4.25. The zero-order valence-electron chi connectivity index (χ0n) is 13.1. The fourth-order valence-electron chi connectivity index (χ4n) is 3.34. The zero-order valence-corrected chi connectivity index (χ0v) is 13.1. The second kappa shape index (κ2) is 6.08. The molecule has 118 valence electrons. The second-order valence-electron chi connectivity index (χ2n) is 6.16. The first-order valence-electron chi connectivity index (χ1n) is 7.90. The first-order valence-corrected chi connectivity index (χ1v) is 7.90. The summed E-state index contributed by atoms with van der Waals surface area (Å²) in [5.41, 5.74) is 2.01. The van der Waals surface area contributed by atoms with Crippen LogP contribution in [-0.4, -0.2) is 48.6 Å². The number of carbonyl (C=O) groups excluding carboxylic acids is 2. The molecule has 0 saturated carbocycles. The van der Waals surface area contributed by atoms with Crippen LogP contribution in [0.25, 0.3) is 0 Å². The molecule has 0 aliphatic carbocycles. The Kier molecular flexibility index (Phi) is 4.16. The van der Waals surface area contributed by atoms with Gasteiger partial charge in [-0.15, -0.1) is 0 Å². The van der Waals surface area contributed by atoms with E-state index in [0.29, 0.717) is 19.6 Å². The van der Waals surface area contributed by atoms with Crippen molar-refractivity contribution in [3.8, 4) is 0 Å². The summed E-state index contributed by atoms with van der Waals surface area (Å²) in [6, 6.07) is 7.83. The van der Waals surface area contributed by atoms with Gasteiger partial charge >= 0.3 is 11.8 Å². The largest absolute Gasteiger partial charge is 0.372 e. The Morgan fingerprint density at radius 1 is 1.09 bits per heavy atom. The van der Waals surface area contributed by atoms with Crippen molar-refractivity contribution in [3.05, 3.63) is 29.8 Å². The number of rotatable bonds is 0. The number of hydrogen-bond acceptors (Lipinski definition) is 3. The van der Waals surface area contributed by atoms with Crippen LogP contribution in [0, 0.1) is 0 Å². The molecule has 5 heteroatoms. The first-order chi connectivity index (χ1) is 10.6. The molecule has 1 saturated heterocycles. The van der Waals surface area contributed by atoms with E-state index in [1.807, 2.05) is 38.1 Å². The predicted molar refractivity (Wildman–Crippen MR) is 83.7 cm³/mol. The van der Waals surface area contributed by atoms with Gasteiger partial charge in [-0.05, 0) is 38.3 Å². The minimum absolute atomic E-state index is 0.0332. The summed E-state index contributed by atoms with van der Waals surface area (Å²) in [5, 5.41) is 0. The number of fused-ring (bicyclic) bond motifs is 1. The normalized spacial score (nSPS) is 24.8. The molecule has 2 amide bonds. The van der Waals surface area contributed by atoms with Crippen molar-refractivity contribution in [2.45, 2.75) is 38.9 Å². The number of aryl methyl sites for hydroxylation is 1. The van der Waals surface area contributed by atoms with Crippen LogP contribution in [0.3, 0.4) is 0 Å². The van der Waals surface area contributed by atoms with Gasteiger partial charge in [-0.3, -0.25) is 9.59 Å². The van der Waals surface area contributed by atoms with Crippen molar-refractivity contribution in [2.75, 3.05) is 24.5 Å². The zero-order chi connectivity index (χ0) is 15.7. The lowest BCUT2D eigenvalue weighted by atomic mass is 10.0. The van der Waals surface area contributed by atoms with Crippen molar-refractivity contribution in [1.82, 2.24) is 4.90 Å². The molecule has 1 aromatic carbocycles. The minimum Gasteiger partial charge on any atom is -0.372 e. The molecule has 0 bridgehead atoms. The van der Waals surface area contributed by atoms with E-state index in [0.717, 1.165) is 24.1 Å². The number of amides is 2. The van der Waals surface area contributed by atoms with Gasteiger partial charge in [0.2, 0.25) is 0 Å². The highest BCUT2D eigenvalue weighted by Crippen LogP contribution is 2.27. The molecular formula is C17H22N2O3. The topological polar surface area (TPSA) is 49.9 Å². The van der Waals surface area contributed by atoms with Gasteiger partial charge in [-0.1, -0.05) is 18.2 Å². The maximum Gasteiger partial charge on any atom is 0.316 e. The van der Waals surface area contributed by atoms with Crippen LogP contribution in [0.5, 0.6) is 0 Å². The van der Waals surface area contributed by atoms with E-state index in [1.54, 1.807) is 9.80 Å². The van der Waals surface area contributed by atoms with Crippen molar-refractivity contribution < 1.29 is 14.3 Å². The van der Waals surface area contributed by atoms with E-state index >= 15 is 0 Å². The van der Waals surface area contributed by atoms with E-state index in [9.17, 15) is 9.59 Å². The van der Waals surface area contributed by atoms with Gasteiger partial charge in [-0.2, -0.15) is 0 Å². The van der Waals surface area contributed by atoms with E-state index in [-0.39, 0.29) is 12.2 Å². The summed E-state index contributed by atoms with van der Waals surface area (Å²) in [6.45, 7) is 5.42. The summed E-state index contributed by atoms with van der Waals surface area (Å²) in [7, 11) is 0. The van der Waals surface area contributed by atoms with Crippen LogP contribution >= 0.6 is 0 Å². The number of ether oxygens (including phenoxy) is 1. The lowest BCUT2D eigenvalue weighted by molar-refractivity contribution is -0.152. The van der Waals surface area contributed by atoms with Crippen LogP contribution in [-0.2, 0) is 20.7 Å². The van der Waals surface area contributed by atoms with E-state index in [1.165, 1.54) is 0 Å². The standard InChI is InChI=1S/C17H22N2O3/c1-12-10-18(11-13(2)22-12)16(20)17(21)19-9-5-7-14-6-3-4-8-15(14)19/h3-4,6,8,12-13H,5,7,9-11H2,1-2H3. The minimum atomic E-state index is -0.423. The van der Waals surface area contributed by atoms with Crippen molar-refractivity contribution in [1.29, 1.82) is 0 Å². The lowest BCUT2D eigenvalue weighted by Crippen LogP contribution is -2.54. The molecule has 3 rings (SSSR count). The molecule has 2 aliphatic heterocycles. The Morgan fingerprint density at radius 3 is 2.50 bits per heavy atom. The average molecular weight is 302 g/mol. The number of nitrogens with zero attached hydrogens (tertiary/aromatic N) is 2. The van der Waals surface area contributed by atoms with Crippen LogP contribution in [0.4, 0.5) is 5.69 Å². The highest BCUT2D eigenvalue weighted by atomic mass is 16.5. The third-order valence-electron chi connectivity index (χ3n) is 4.25.